The summed E-state index contributed by atoms with van der Waals surface area (Å²) in [7, 11) is 1.63. The first kappa shape index (κ1) is 15.2. The van der Waals surface area contributed by atoms with E-state index in [9.17, 15) is 4.79 Å². The van der Waals surface area contributed by atoms with Crippen molar-refractivity contribution in [2.45, 2.75) is 26.3 Å². The van der Waals surface area contributed by atoms with E-state index in [1.165, 1.54) is 0 Å². The van der Waals surface area contributed by atoms with E-state index in [1.54, 1.807) is 19.2 Å². The lowest BCUT2D eigenvalue weighted by atomic mass is 10.1. The molecule has 0 heterocycles. The molecule has 1 aromatic carbocycles. The zero-order valence-electron chi connectivity index (χ0n) is 11.7. The molecule has 1 rings (SSSR count). The zero-order chi connectivity index (χ0) is 14.3. The fourth-order valence-corrected chi connectivity index (χ4v) is 1.83. The number of ether oxygens (including phenoxy) is 1. The molecule has 0 saturated carbocycles. The summed E-state index contributed by atoms with van der Waals surface area (Å²) in [5.74, 6) is 0.0803. The molecule has 0 atom stereocenters. The molecule has 4 nitrogen and oxygen atoms in total. The smallest absolute Gasteiger partial charge is 0.227 e. The summed E-state index contributed by atoms with van der Waals surface area (Å²) in [6, 6.07) is 9.33. The van der Waals surface area contributed by atoms with Crippen molar-refractivity contribution in [3.63, 3.8) is 0 Å². The largest absolute Gasteiger partial charge is 0.383 e. The third-order valence-corrected chi connectivity index (χ3v) is 2.92. The van der Waals surface area contributed by atoms with Crippen LogP contribution < -0.4 is 0 Å². The van der Waals surface area contributed by atoms with E-state index in [0.717, 1.165) is 5.56 Å². The molecule has 0 aliphatic heterocycles. The molecule has 0 bridgehead atoms. The van der Waals surface area contributed by atoms with Gasteiger partial charge in [-0.1, -0.05) is 12.1 Å². The third kappa shape index (κ3) is 4.72. The lowest BCUT2D eigenvalue weighted by Crippen LogP contribution is -2.40. The van der Waals surface area contributed by atoms with Crippen LogP contribution in [-0.2, 0) is 16.0 Å². The van der Waals surface area contributed by atoms with Gasteiger partial charge in [-0.25, -0.2) is 0 Å². The van der Waals surface area contributed by atoms with Crippen LogP contribution in [0.1, 0.15) is 25.0 Å². The summed E-state index contributed by atoms with van der Waals surface area (Å²) in [6.45, 7) is 5.12. The van der Waals surface area contributed by atoms with Crippen molar-refractivity contribution in [1.29, 1.82) is 5.26 Å². The molecule has 0 unspecified atom stereocenters. The number of hydrogen-bond donors (Lipinski definition) is 0. The van der Waals surface area contributed by atoms with Crippen LogP contribution in [-0.4, -0.2) is 37.1 Å². The Morgan fingerprint density at radius 3 is 2.47 bits per heavy atom. The second-order valence-electron chi connectivity index (χ2n) is 4.66. The highest BCUT2D eigenvalue weighted by atomic mass is 16.5. The molecule has 19 heavy (non-hydrogen) atoms. The number of amides is 1. The Morgan fingerprint density at radius 2 is 2.00 bits per heavy atom. The fraction of sp³-hybridized carbons (Fsp3) is 0.467. The van der Waals surface area contributed by atoms with Gasteiger partial charge in [-0.05, 0) is 31.5 Å². The first-order chi connectivity index (χ1) is 9.08. The predicted molar refractivity (Wildman–Crippen MR) is 73.6 cm³/mol. The molecule has 0 N–H and O–H groups in total. The molecule has 0 aliphatic rings. The minimum Gasteiger partial charge on any atom is -0.383 e. The Bertz CT molecular complexity index is 446. The number of hydrogen-bond acceptors (Lipinski definition) is 3. The van der Waals surface area contributed by atoms with Gasteiger partial charge < -0.3 is 9.64 Å². The first-order valence-corrected chi connectivity index (χ1v) is 6.36. The van der Waals surface area contributed by atoms with E-state index in [2.05, 4.69) is 6.07 Å². The highest BCUT2D eigenvalue weighted by Gasteiger charge is 2.16. The molecule has 102 valence electrons. The Labute approximate surface area is 114 Å². The van der Waals surface area contributed by atoms with E-state index in [0.29, 0.717) is 25.1 Å². The minimum absolute atomic E-state index is 0.0803. The summed E-state index contributed by atoms with van der Waals surface area (Å²) in [5.41, 5.74) is 1.53. The van der Waals surface area contributed by atoms with Crippen LogP contribution in [0.25, 0.3) is 0 Å². The number of methoxy groups -OCH3 is 1. The van der Waals surface area contributed by atoms with Crippen molar-refractivity contribution >= 4 is 5.91 Å². The van der Waals surface area contributed by atoms with Gasteiger partial charge in [0.2, 0.25) is 5.91 Å². The van der Waals surface area contributed by atoms with Crippen molar-refractivity contribution in [1.82, 2.24) is 4.90 Å². The second-order valence-corrected chi connectivity index (χ2v) is 4.66. The SMILES string of the molecule is COCCN(C(=O)Cc1ccc(C#N)cc1)C(C)C. The number of carbonyl (C=O) groups is 1. The maximum absolute atomic E-state index is 12.2. The van der Waals surface area contributed by atoms with Gasteiger partial charge in [-0.15, -0.1) is 0 Å². The second kappa shape index (κ2) is 7.55. The summed E-state index contributed by atoms with van der Waals surface area (Å²) < 4.78 is 5.02. The molecule has 1 amide bonds. The summed E-state index contributed by atoms with van der Waals surface area (Å²) >= 11 is 0. The Hall–Kier alpha value is -1.86. The predicted octanol–water partition coefficient (Wildman–Crippen LogP) is 1.98. The molecule has 0 fully saturated rings. The van der Waals surface area contributed by atoms with Crippen LogP contribution in [0.15, 0.2) is 24.3 Å². The Balaban J connectivity index is 2.67. The van der Waals surface area contributed by atoms with E-state index < -0.39 is 0 Å². The van der Waals surface area contributed by atoms with E-state index >= 15 is 0 Å². The van der Waals surface area contributed by atoms with Gasteiger partial charge in [0.15, 0.2) is 0 Å². The van der Waals surface area contributed by atoms with Crippen molar-refractivity contribution in [3.8, 4) is 6.07 Å². The topological polar surface area (TPSA) is 53.3 Å². The van der Waals surface area contributed by atoms with Crippen molar-refractivity contribution in [2.75, 3.05) is 20.3 Å². The van der Waals surface area contributed by atoms with E-state index in [4.69, 9.17) is 10.00 Å². The van der Waals surface area contributed by atoms with E-state index in [-0.39, 0.29) is 11.9 Å². The van der Waals surface area contributed by atoms with Crippen molar-refractivity contribution in [3.05, 3.63) is 35.4 Å². The normalized spacial score (nSPS) is 10.3. The van der Waals surface area contributed by atoms with Crippen molar-refractivity contribution < 1.29 is 9.53 Å². The van der Waals surface area contributed by atoms with Crippen LogP contribution >= 0.6 is 0 Å². The van der Waals surface area contributed by atoms with Crippen molar-refractivity contribution in [2.24, 2.45) is 0 Å². The third-order valence-electron chi connectivity index (χ3n) is 2.92. The highest BCUT2D eigenvalue weighted by Crippen LogP contribution is 2.08. The molecule has 0 radical (unpaired) electrons. The average Bonchev–Trinajstić information content (AvgIpc) is 2.39. The fourth-order valence-electron chi connectivity index (χ4n) is 1.83. The maximum Gasteiger partial charge on any atom is 0.227 e. The number of rotatable bonds is 6. The van der Waals surface area contributed by atoms with Gasteiger partial charge in [0, 0.05) is 19.7 Å². The molecular formula is C15H20N2O2. The highest BCUT2D eigenvalue weighted by molar-refractivity contribution is 5.79. The lowest BCUT2D eigenvalue weighted by molar-refractivity contribution is -0.132. The van der Waals surface area contributed by atoms with Crippen LogP contribution in [0.2, 0.25) is 0 Å². The molecule has 0 saturated heterocycles. The summed E-state index contributed by atoms with van der Waals surface area (Å²) in [4.78, 5) is 14.0. The molecule has 0 spiro atoms. The quantitative estimate of drug-likeness (QED) is 0.786. The monoisotopic (exact) mass is 260 g/mol. The Kier molecular flexibility index (Phi) is 6.04. The standard InChI is InChI=1S/C15H20N2O2/c1-12(2)17(8-9-19-3)15(18)10-13-4-6-14(11-16)7-5-13/h4-7,12H,8-10H2,1-3H3. The lowest BCUT2D eigenvalue weighted by Gasteiger charge is -2.26. The molecule has 0 aliphatic carbocycles. The van der Waals surface area contributed by atoms with Gasteiger partial charge >= 0.3 is 0 Å². The summed E-state index contributed by atoms with van der Waals surface area (Å²) in [6.07, 6.45) is 0.355. The number of benzene rings is 1. The molecule has 4 heteroatoms. The average molecular weight is 260 g/mol. The zero-order valence-corrected chi connectivity index (χ0v) is 11.7. The van der Waals surface area contributed by atoms with Gasteiger partial charge in [-0.2, -0.15) is 5.26 Å². The number of nitriles is 1. The molecule has 0 aromatic heterocycles. The Morgan fingerprint density at radius 1 is 1.37 bits per heavy atom. The van der Waals surface area contributed by atoms with Gasteiger partial charge in [0.25, 0.3) is 0 Å². The maximum atomic E-state index is 12.2. The van der Waals surface area contributed by atoms with E-state index in [1.807, 2.05) is 30.9 Å². The van der Waals surface area contributed by atoms with Crippen LogP contribution in [0.5, 0.6) is 0 Å². The minimum atomic E-state index is 0.0803. The van der Waals surface area contributed by atoms with Crippen LogP contribution in [0.3, 0.4) is 0 Å². The van der Waals surface area contributed by atoms with Crippen LogP contribution in [0.4, 0.5) is 0 Å². The molecular weight excluding hydrogens is 240 g/mol. The van der Waals surface area contributed by atoms with Gasteiger partial charge in [0.05, 0.1) is 24.7 Å². The number of carbonyl (C=O) groups excluding carboxylic acids is 1. The van der Waals surface area contributed by atoms with Crippen LogP contribution in [0, 0.1) is 11.3 Å². The summed E-state index contributed by atoms with van der Waals surface area (Å²) in [5, 5.41) is 8.73. The first-order valence-electron chi connectivity index (χ1n) is 6.36. The number of nitrogens with zero attached hydrogens (tertiary/aromatic N) is 2. The van der Waals surface area contributed by atoms with Gasteiger partial charge in [-0.3, -0.25) is 4.79 Å². The molecule has 1 aromatic rings. The van der Waals surface area contributed by atoms with Gasteiger partial charge in [0.1, 0.15) is 0 Å².